The molecule has 0 aliphatic carbocycles. The number of imidazole rings is 1. The smallest absolute Gasteiger partial charge is 0.303 e. The molecule has 0 aromatic carbocycles. The van der Waals surface area contributed by atoms with Gasteiger partial charge in [0.2, 0.25) is 0 Å². The minimum atomic E-state index is -0.725. The van der Waals surface area contributed by atoms with Crippen molar-refractivity contribution in [2.75, 3.05) is 0 Å². The predicted octanol–water partition coefficient (Wildman–Crippen LogP) is 1.46. The third-order valence-electron chi connectivity index (χ3n) is 2.30. The van der Waals surface area contributed by atoms with Crippen LogP contribution in [-0.4, -0.2) is 20.6 Å². The molecule has 1 N–H and O–H groups in total. The number of carbonyl (C=O) groups is 1. The lowest BCUT2D eigenvalue weighted by atomic mass is 10.0. The molecule has 0 fully saturated rings. The second kappa shape index (κ2) is 4.79. The molecular formula is C10H16N2O2. The summed E-state index contributed by atoms with van der Waals surface area (Å²) in [5.41, 5.74) is 0. The maximum atomic E-state index is 10.4. The molecule has 0 aliphatic rings. The van der Waals surface area contributed by atoms with Gasteiger partial charge in [-0.05, 0) is 12.3 Å². The van der Waals surface area contributed by atoms with Crippen LogP contribution < -0.4 is 0 Å². The number of hydrogen-bond donors (Lipinski definition) is 1. The lowest BCUT2D eigenvalue weighted by Gasteiger charge is -2.07. The van der Waals surface area contributed by atoms with Crippen LogP contribution in [0.1, 0.15) is 25.6 Å². The van der Waals surface area contributed by atoms with Gasteiger partial charge in [-0.15, -0.1) is 0 Å². The Balaban J connectivity index is 2.34. The fourth-order valence-corrected chi connectivity index (χ4v) is 1.41. The topological polar surface area (TPSA) is 55.1 Å². The second-order valence-electron chi connectivity index (χ2n) is 3.70. The van der Waals surface area contributed by atoms with Gasteiger partial charge in [-0.25, -0.2) is 4.98 Å². The Labute approximate surface area is 83.6 Å². The van der Waals surface area contributed by atoms with Crippen LogP contribution in [0, 0.1) is 5.92 Å². The Hall–Kier alpha value is -1.32. The van der Waals surface area contributed by atoms with Gasteiger partial charge in [-0.2, -0.15) is 0 Å². The van der Waals surface area contributed by atoms with Crippen molar-refractivity contribution in [2.24, 2.45) is 13.0 Å². The van der Waals surface area contributed by atoms with Crippen LogP contribution in [0.4, 0.5) is 0 Å². The molecule has 0 saturated carbocycles. The summed E-state index contributed by atoms with van der Waals surface area (Å²) in [5.74, 6) is 0.503. The summed E-state index contributed by atoms with van der Waals surface area (Å²) in [6, 6.07) is 0. The molecule has 0 bridgehead atoms. The summed E-state index contributed by atoms with van der Waals surface area (Å²) in [6.07, 6.45) is 5.62. The van der Waals surface area contributed by atoms with Crippen LogP contribution in [-0.2, 0) is 18.3 Å². The summed E-state index contributed by atoms with van der Waals surface area (Å²) in [7, 11) is 1.95. The lowest BCUT2D eigenvalue weighted by Crippen LogP contribution is -2.07. The summed E-state index contributed by atoms with van der Waals surface area (Å²) in [5, 5.41) is 8.57. The minimum Gasteiger partial charge on any atom is -0.481 e. The molecule has 0 spiro atoms. The molecule has 1 heterocycles. The van der Waals surface area contributed by atoms with Crippen molar-refractivity contribution in [3.8, 4) is 0 Å². The molecule has 0 aliphatic heterocycles. The van der Waals surface area contributed by atoms with Crippen LogP contribution in [0.15, 0.2) is 12.4 Å². The standard InChI is InChI=1S/C10H16N2O2/c1-8(7-10(13)14)3-4-9-11-5-6-12(9)2/h5-6,8H,3-4,7H2,1-2H3,(H,13,14). The molecule has 1 unspecified atom stereocenters. The van der Waals surface area contributed by atoms with Crippen molar-refractivity contribution in [1.82, 2.24) is 9.55 Å². The van der Waals surface area contributed by atoms with Gasteiger partial charge < -0.3 is 9.67 Å². The Morgan fingerprint density at radius 1 is 1.71 bits per heavy atom. The highest BCUT2D eigenvalue weighted by atomic mass is 16.4. The van der Waals surface area contributed by atoms with Gasteiger partial charge in [0.1, 0.15) is 5.82 Å². The van der Waals surface area contributed by atoms with Crippen LogP contribution in [0.3, 0.4) is 0 Å². The number of hydrogen-bond acceptors (Lipinski definition) is 2. The van der Waals surface area contributed by atoms with Crippen molar-refractivity contribution in [3.63, 3.8) is 0 Å². The van der Waals surface area contributed by atoms with Crippen molar-refractivity contribution < 1.29 is 9.90 Å². The van der Waals surface area contributed by atoms with E-state index in [1.807, 2.05) is 24.7 Å². The van der Waals surface area contributed by atoms with Gasteiger partial charge in [0.05, 0.1) is 0 Å². The Kier molecular flexibility index (Phi) is 3.68. The maximum Gasteiger partial charge on any atom is 0.303 e. The van der Waals surface area contributed by atoms with E-state index in [1.54, 1.807) is 6.20 Å². The molecule has 4 nitrogen and oxygen atoms in total. The third kappa shape index (κ3) is 3.20. The van der Waals surface area contributed by atoms with Crippen LogP contribution in [0.25, 0.3) is 0 Å². The van der Waals surface area contributed by atoms with E-state index in [0.29, 0.717) is 0 Å². The van der Waals surface area contributed by atoms with Gasteiger partial charge in [-0.3, -0.25) is 4.79 Å². The molecule has 1 aromatic heterocycles. The molecule has 1 atom stereocenters. The van der Waals surface area contributed by atoms with E-state index >= 15 is 0 Å². The number of rotatable bonds is 5. The van der Waals surface area contributed by atoms with E-state index in [-0.39, 0.29) is 12.3 Å². The second-order valence-corrected chi connectivity index (χ2v) is 3.70. The number of aromatic nitrogens is 2. The Morgan fingerprint density at radius 2 is 2.43 bits per heavy atom. The van der Waals surface area contributed by atoms with E-state index in [9.17, 15) is 4.79 Å². The highest BCUT2D eigenvalue weighted by molar-refractivity contribution is 5.66. The first kappa shape index (κ1) is 10.8. The molecule has 1 rings (SSSR count). The molecule has 78 valence electrons. The summed E-state index contributed by atoms with van der Waals surface area (Å²) in [4.78, 5) is 14.6. The first-order valence-corrected chi connectivity index (χ1v) is 4.77. The quantitative estimate of drug-likeness (QED) is 0.775. The van der Waals surface area contributed by atoms with E-state index in [0.717, 1.165) is 18.7 Å². The van der Waals surface area contributed by atoms with Crippen molar-refractivity contribution in [3.05, 3.63) is 18.2 Å². The van der Waals surface area contributed by atoms with Crippen LogP contribution in [0.2, 0.25) is 0 Å². The van der Waals surface area contributed by atoms with Crippen molar-refractivity contribution in [1.29, 1.82) is 0 Å². The largest absolute Gasteiger partial charge is 0.481 e. The monoisotopic (exact) mass is 196 g/mol. The van der Waals surface area contributed by atoms with Gasteiger partial charge in [0, 0.05) is 32.3 Å². The number of carboxylic acids is 1. The van der Waals surface area contributed by atoms with Gasteiger partial charge in [0.15, 0.2) is 0 Å². The van der Waals surface area contributed by atoms with Crippen LogP contribution >= 0.6 is 0 Å². The minimum absolute atomic E-state index is 0.212. The maximum absolute atomic E-state index is 10.4. The Morgan fingerprint density at radius 3 is 2.93 bits per heavy atom. The highest BCUT2D eigenvalue weighted by Gasteiger charge is 2.08. The highest BCUT2D eigenvalue weighted by Crippen LogP contribution is 2.11. The average molecular weight is 196 g/mol. The molecule has 1 aromatic rings. The summed E-state index contributed by atoms with van der Waals surface area (Å²) >= 11 is 0. The number of carboxylic acid groups (broad SMARTS) is 1. The van der Waals surface area contributed by atoms with E-state index in [4.69, 9.17) is 5.11 Å². The number of nitrogens with zero attached hydrogens (tertiary/aromatic N) is 2. The van der Waals surface area contributed by atoms with Gasteiger partial charge in [-0.1, -0.05) is 6.92 Å². The molecule has 0 saturated heterocycles. The molecule has 4 heteroatoms. The van der Waals surface area contributed by atoms with Crippen molar-refractivity contribution >= 4 is 5.97 Å². The molecule has 14 heavy (non-hydrogen) atoms. The third-order valence-corrected chi connectivity index (χ3v) is 2.30. The number of aryl methyl sites for hydroxylation is 2. The van der Waals surface area contributed by atoms with Crippen molar-refractivity contribution in [2.45, 2.75) is 26.2 Å². The van der Waals surface area contributed by atoms with Crippen LogP contribution in [0.5, 0.6) is 0 Å². The van der Waals surface area contributed by atoms with E-state index < -0.39 is 5.97 Å². The van der Waals surface area contributed by atoms with E-state index in [2.05, 4.69) is 4.98 Å². The zero-order valence-electron chi connectivity index (χ0n) is 8.60. The summed E-state index contributed by atoms with van der Waals surface area (Å²) < 4.78 is 1.97. The van der Waals surface area contributed by atoms with E-state index in [1.165, 1.54) is 0 Å². The molecule has 0 radical (unpaired) electrons. The first-order chi connectivity index (χ1) is 6.59. The summed E-state index contributed by atoms with van der Waals surface area (Å²) in [6.45, 7) is 1.96. The number of aliphatic carboxylic acids is 1. The molecule has 0 amide bonds. The first-order valence-electron chi connectivity index (χ1n) is 4.77. The molecular weight excluding hydrogens is 180 g/mol. The average Bonchev–Trinajstić information content (AvgIpc) is 2.46. The SMILES string of the molecule is CC(CCc1nccn1C)CC(=O)O. The Bertz CT molecular complexity index is 307. The van der Waals surface area contributed by atoms with Gasteiger partial charge >= 0.3 is 5.97 Å². The fourth-order valence-electron chi connectivity index (χ4n) is 1.41. The zero-order valence-corrected chi connectivity index (χ0v) is 8.60. The normalized spacial score (nSPS) is 12.7. The fraction of sp³-hybridized carbons (Fsp3) is 0.600. The lowest BCUT2D eigenvalue weighted by molar-refractivity contribution is -0.138. The predicted molar refractivity (Wildman–Crippen MR) is 52.9 cm³/mol. The van der Waals surface area contributed by atoms with Gasteiger partial charge in [0.25, 0.3) is 0 Å². The zero-order chi connectivity index (χ0) is 10.6.